The fourth-order valence-corrected chi connectivity index (χ4v) is 8.79. The lowest BCUT2D eigenvalue weighted by Gasteiger charge is -2.45. The van der Waals surface area contributed by atoms with Crippen molar-refractivity contribution in [3.63, 3.8) is 0 Å². The van der Waals surface area contributed by atoms with Crippen molar-refractivity contribution in [2.45, 2.75) is 115 Å². The Hall–Kier alpha value is -3.54. The number of allylic oxidation sites excluding steroid dienone is 1. The summed E-state index contributed by atoms with van der Waals surface area (Å²) in [6, 6.07) is 7.51. The Morgan fingerprint density at radius 2 is 1.71 bits per heavy atom. The van der Waals surface area contributed by atoms with Gasteiger partial charge in [0, 0.05) is 38.8 Å². The summed E-state index contributed by atoms with van der Waals surface area (Å²) in [6.45, 7) is 11.3. The van der Waals surface area contributed by atoms with Crippen LogP contribution in [0, 0.1) is 17.3 Å². The van der Waals surface area contributed by atoms with Gasteiger partial charge in [-0.3, -0.25) is 19.2 Å². The number of hydrogen-bond donors (Lipinski definition) is 2. The summed E-state index contributed by atoms with van der Waals surface area (Å²) in [6.07, 6.45) is 10.0. The van der Waals surface area contributed by atoms with E-state index in [2.05, 4.69) is 26.1 Å². The van der Waals surface area contributed by atoms with Crippen molar-refractivity contribution in [1.82, 2.24) is 15.1 Å². The minimum atomic E-state index is -1.34. The number of esters is 1. The number of benzene rings is 1. The number of rotatable bonds is 11. The van der Waals surface area contributed by atoms with Crippen LogP contribution in [0.1, 0.15) is 91.2 Å². The van der Waals surface area contributed by atoms with Gasteiger partial charge < -0.3 is 34.4 Å². The molecule has 4 aliphatic heterocycles. The van der Waals surface area contributed by atoms with Gasteiger partial charge in [0.15, 0.2) is 0 Å². The molecular formula is C40H57N3O8. The number of unbranched alkanes of at least 4 members (excludes halogenated alkanes) is 3. The van der Waals surface area contributed by atoms with Gasteiger partial charge in [0.25, 0.3) is 0 Å². The smallest absolute Gasteiger partial charge is 0.313 e. The van der Waals surface area contributed by atoms with Crippen LogP contribution in [0.3, 0.4) is 0 Å². The predicted octanol–water partition coefficient (Wildman–Crippen LogP) is 4.50. The van der Waals surface area contributed by atoms with Gasteiger partial charge in [-0.2, -0.15) is 0 Å². The van der Waals surface area contributed by atoms with Gasteiger partial charge in [-0.15, -0.1) is 0 Å². The third kappa shape index (κ3) is 8.26. The molecule has 11 heteroatoms. The van der Waals surface area contributed by atoms with Crippen molar-refractivity contribution >= 4 is 23.7 Å². The largest absolute Gasteiger partial charge is 0.455 e. The van der Waals surface area contributed by atoms with Gasteiger partial charge in [-0.25, -0.2) is 0 Å². The van der Waals surface area contributed by atoms with Crippen molar-refractivity contribution < 1.29 is 38.5 Å². The summed E-state index contributed by atoms with van der Waals surface area (Å²) < 4.78 is 18.5. The Kier molecular flexibility index (Phi) is 12.1. The van der Waals surface area contributed by atoms with Crippen LogP contribution in [0.4, 0.5) is 0 Å². The van der Waals surface area contributed by atoms with Gasteiger partial charge in [-0.1, -0.05) is 88.2 Å². The van der Waals surface area contributed by atoms with Crippen molar-refractivity contribution in [2.75, 3.05) is 33.4 Å². The number of hydrogen-bond acceptors (Lipinski definition) is 8. The Bertz CT molecular complexity index is 1470. The fourth-order valence-electron chi connectivity index (χ4n) is 8.79. The van der Waals surface area contributed by atoms with E-state index in [1.807, 2.05) is 67.3 Å². The molecule has 0 unspecified atom stereocenters. The number of likely N-dealkylation sites (tertiary alicyclic amines) is 1. The topological polar surface area (TPSA) is 135 Å². The van der Waals surface area contributed by atoms with Crippen molar-refractivity contribution in [1.29, 1.82) is 0 Å². The maximum absolute atomic E-state index is 15.2. The minimum Gasteiger partial charge on any atom is -0.455 e. The third-order valence-corrected chi connectivity index (χ3v) is 10.6. The van der Waals surface area contributed by atoms with Gasteiger partial charge in [0.05, 0.1) is 24.7 Å². The maximum atomic E-state index is 15.2. The molecule has 7 atom stereocenters. The van der Waals surface area contributed by atoms with Crippen LogP contribution in [-0.4, -0.2) is 101 Å². The van der Waals surface area contributed by atoms with Crippen molar-refractivity contribution in [3.05, 3.63) is 60.2 Å². The number of carbonyl (C=O) groups is 4. The van der Waals surface area contributed by atoms with E-state index < -0.39 is 53.2 Å². The molecule has 5 bridgehead atoms. The van der Waals surface area contributed by atoms with Gasteiger partial charge in [-0.05, 0) is 50.5 Å². The average Bonchev–Trinajstić information content (AvgIpc) is 3.70. The number of carbonyl (C=O) groups excluding carboxylic acids is 4. The molecular weight excluding hydrogens is 650 g/mol. The summed E-state index contributed by atoms with van der Waals surface area (Å²) >= 11 is 0. The zero-order valence-electron chi connectivity index (χ0n) is 31.1. The molecule has 1 aromatic carbocycles. The second-order valence-electron chi connectivity index (χ2n) is 16.3. The second kappa shape index (κ2) is 16.0. The molecule has 2 saturated heterocycles. The van der Waals surface area contributed by atoms with Crippen LogP contribution in [-0.2, 0) is 33.4 Å². The zero-order chi connectivity index (χ0) is 37.0. The molecule has 51 heavy (non-hydrogen) atoms. The highest BCUT2D eigenvalue weighted by atomic mass is 16.6. The zero-order valence-corrected chi connectivity index (χ0v) is 31.1. The molecule has 0 aromatic heterocycles. The Morgan fingerprint density at radius 3 is 2.39 bits per heavy atom. The molecule has 0 saturated carbocycles. The van der Waals surface area contributed by atoms with E-state index in [0.717, 1.165) is 12.8 Å². The first-order chi connectivity index (χ1) is 24.2. The number of aliphatic hydroxyl groups excluding tert-OH is 1. The number of nitrogens with zero attached hydrogens (tertiary/aromatic N) is 2. The SMILES string of the molecule is COC[C@H]1NC(=O)CC/C=C\CN(C(C)(C)CC(C)(C)C)C(=O)[C@@H]2N(CCCCCCO)C(=O)[C@H]3[C@H](C(=O)O[C@@H]1c1ccccc1)[C@@H]1C=C[C@]23O1. The molecule has 4 aliphatic rings. The fraction of sp³-hybridized carbons (Fsp3) is 0.650. The number of ether oxygens (including phenoxy) is 3. The lowest BCUT2D eigenvalue weighted by atomic mass is 9.74. The molecule has 1 spiro atoms. The molecule has 4 heterocycles. The number of amides is 3. The second-order valence-corrected chi connectivity index (χ2v) is 16.3. The first kappa shape index (κ1) is 38.7. The lowest BCUT2D eigenvalue weighted by molar-refractivity contribution is -0.162. The monoisotopic (exact) mass is 707 g/mol. The average molecular weight is 708 g/mol. The van der Waals surface area contributed by atoms with E-state index >= 15 is 4.79 Å². The molecule has 2 N–H and O–H groups in total. The standard InChI is InChI=1S/C40H57N3O8/c1-38(2,3)26-39(4,5)43-23-15-10-13-19-30(45)41-28(25-49-6)33(27-17-11-9-12-18-27)50-37(48)31-29-20-21-40(51-29)32(31)35(46)42(34(40)36(43)47)22-14-7-8-16-24-44/h9-12,15,17-18,20-21,28-29,31-34,44H,7-8,13-14,16,19,22-26H2,1-6H3,(H,41,45)/b15-10-/t28-,29+,31-,32-,33-,34+,40-/m1/s1. The Labute approximate surface area is 302 Å². The number of cyclic esters (lactones) is 1. The van der Waals surface area contributed by atoms with Crippen LogP contribution < -0.4 is 5.32 Å². The first-order valence-corrected chi connectivity index (χ1v) is 18.5. The van der Waals surface area contributed by atoms with Crippen LogP contribution in [0.25, 0.3) is 0 Å². The summed E-state index contributed by atoms with van der Waals surface area (Å²) in [5.41, 5.74) is -1.39. The van der Waals surface area contributed by atoms with Crippen LogP contribution in [0.15, 0.2) is 54.6 Å². The van der Waals surface area contributed by atoms with Crippen LogP contribution in [0.5, 0.6) is 0 Å². The van der Waals surface area contributed by atoms with Crippen molar-refractivity contribution in [3.8, 4) is 0 Å². The Balaban J connectivity index is 1.60. The van der Waals surface area contributed by atoms with Gasteiger partial charge >= 0.3 is 5.97 Å². The normalized spacial score (nSPS) is 30.8. The van der Waals surface area contributed by atoms with E-state index in [-0.39, 0.29) is 49.3 Å². The van der Waals surface area contributed by atoms with E-state index in [0.29, 0.717) is 37.8 Å². The molecule has 5 rings (SSSR count). The predicted molar refractivity (Wildman–Crippen MR) is 192 cm³/mol. The van der Waals surface area contributed by atoms with Crippen LogP contribution in [0.2, 0.25) is 0 Å². The molecule has 11 nitrogen and oxygen atoms in total. The third-order valence-electron chi connectivity index (χ3n) is 10.6. The van der Waals surface area contributed by atoms with Gasteiger partial charge in [0.1, 0.15) is 23.7 Å². The van der Waals surface area contributed by atoms with Crippen LogP contribution >= 0.6 is 0 Å². The van der Waals surface area contributed by atoms with E-state index in [1.54, 1.807) is 11.0 Å². The highest BCUT2D eigenvalue weighted by Gasteiger charge is 2.73. The minimum absolute atomic E-state index is 0.0870. The molecule has 3 amide bonds. The van der Waals surface area contributed by atoms with Crippen molar-refractivity contribution in [2.24, 2.45) is 17.3 Å². The molecule has 1 aromatic rings. The van der Waals surface area contributed by atoms with E-state index in [1.165, 1.54) is 7.11 Å². The Morgan fingerprint density at radius 1 is 0.980 bits per heavy atom. The first-order valence-electron chi connectivity index (χ1n) is 18.5. The number of methoxy groups -OCH3 is 1. The molecule has 280 valence electrons. The highest BCUT2D eigenvalue weighted by Crippen LogP contribution is 2.56. The molecule has 2 fully saturated rings. The summed E-state index contributed by atoms with van der Waals surface area (Å²) in [5, 5.41) is 12.4. The van der Waals surface area contributed by atoms with E-state index in [9.17, 15) is 19.5 Å². The highest BCUT2D eigenvalue weighted by molar-refractivity contribution is 5.99. The van der Waals surface area contributed by atoms with E-state index in [4.69, 9.17) is 14.2 Å². The molecule has 0 aliphatic carbocycles. The van der Waals surface area contributed by atoms with Gasteiger partial charge in [0.2, 0.25) is 17.7 Å². The summed E-state index contributed by atoms with van der Waals surface area (Å²) in [4.78, 5) is 61.1. The summed E-state index contributed by atoms with van der Waals surface area (Å²) in [7, 11) is 1.53. The lowest BCUT2D eigenvalue weighted by Crippen LogP contribution is -2.60. The number of nitrogens with one attached hydrogen (secondary N) is 1. The maximum Gasteiger partial charge on any atom is 0.313 e. The quantitative estimate of drug-likeness (QED) is 0.195. The summed E-state index contributed by atoms with van der Waals surface area (Å²) in [5.74, 6) is -3.33. The number of aliphatic hydroxyl groups is 1. The molecule has 0 radical (unpaired) electrons. The number of fused-ring (bicyclic) bond motifs is 2.